The number of carbonyl (C=O) groups excluding carboxylic acids is 2. The summed E-state index contributed by atoms with van der Waals surface area (Å²) in [5.41, 5.74) is 0. The summed E-state index contributed by atoms with van der Waals surface area (Å²) in [5.74, 6) is -0.860. The average Bonchev–Trinajstić information content (AvgIpc) is 2.32. The van der Waals surface area contributed by atoms with Crippen molar-refractivity contribution in [1.29, 1.82) is 0 Å². The fourth-order valence-electron chi connectivity index (χ4n) is 1.60. The third-order valence-electron chi connectivity index (χ3n) is 2.36. The molecule has 0 aromatic heterocycles. The van der Waals surface area contributed by atoms with Gasteiger partial charge in [-0.2, -0.15) is 0 Å². The predicted molar refractivity (Wildman–Crippen MR) is 61.6 cm³/mol. The van der Waals surface area contributed by atoms with E-state index in [1.54, 1.807) is 12.2 Å². The van der Waals surface area contributed by atoms with E-state index in [0.717, 1.165) is 0 Å². The molecule has 1 unspecified atom stereocenters. The van der Waals surface area contributed by atoms with Crippen LogP contribution in [-0.2, 0) is 28.5 Å². The van der Waals surface area contributed by atoms with E-state index in [9.17, 15) is 9.59 Å². The van der Waals surface area contributed by atoms with Gasteiger partial charge in [-0.15, -0.1) is 0 Å². The summed E-state index contributed by atoms with van der Waals surface area (Å²) in [6.07, 6.45) is 1.60. The number of rotatable bonds is 5. The second kappa shape index (κ2) is 7.13. The molecule has 102 valence electrons. The highest BCUT2D eigenvalue weighted by Crippen LogP contribution is 2.20. The van der Waals surface area contributed by atoms with Gasteiger partial charge in [-0.25, -0.2) is 0 Å². The SMILES string of the molecule is CCOC1C=C[C@H](OC(C)=O)[C@@H](CC(=O)OC)O1. The Labute approximate surface area is 106 Å². The van der Waals surface area contributed by atoms with Crippen LogP contribution in [-0.4, -0.2) is 44.2 Å². The van der Waals surface area contributed by atoms with Gasteiger partial charge in [0.05, 0.1) is 13.5 Å². The first-order chi connectivity index (χ1) is 8.56. The number of hydrogen-bond donors (Lipinski definition) is 0. The molecule has 0 aromatic carbocycles. The third-order valence-corrected chi connectivity index (χ3v) is 2.36. The zero-order valence-corrected chi connectivity index (χ0v) is 10.8. The number of esters is 2. The molecule has 1 aliphatic heterocycles. The second-order valence-corrected chi connectivity index (χ2v) is 3.74. The molecule has 0 N–H and O–H groups in total. The molecule has 0 radical (unpaired) electrons. The van der Waals surface area contributed by atoms with Crippen molar-refractivity contribution in [2.24, 2.45) is 0 Å². The largest absolute Gasteiger partial charge is 0.469 e. The zero-order chi connectivity index (χ0) is 13.5. The molecule has 18 heavy (non-hydrogen) atoms. The molecule has 0 saturated heterocycles. The number of carbonyl (C=O) groups is 2. The second-order valence-electron chi connectivity index (χ2n) is 3.74. The van der Waals surface area contributed by atoms with Gasteiger partial charge >= 0.3 is 11.9 Å². The van der Waals surface area contributed by atoms with E-state index in [2.05, 4.69) is 4.74 Å². The molecule has 1 rings (SSSR count). The van der Waals surface area contributed by atoms with Crippen molar-refractivity contribution in [1.82, 2.24) is 0 Å². The van der Waals surface area contributed by atoms with Gasteiger partial charge < -0.3 is 18.9 Å². The molecule has 3 atom stereocenters. The standard InChI is InChI=1S/C12H18O6/c1-4-16-12-6-5-9(17-8(2)13)10(18-12)7-11(14)15-3/h5-6,9-10,12H,4,7H2,1-3H3/t9-,10+,12?/m0/s1. The highest BCUT2D eigenvalue weighted by molar-refractivity contribution is 5.70. The molecule has 6 nitrogen and oxygen atoms in total. The molecule has 1 aliphatic rings. The normalized spacial score (nSPS) is 26.7. The van der Waals surface area contributed by atoms with Crippen LogP contribution in [0.2, 0.25) is 0 Å². The first kappa shape index (κ1) is 14.7. The average molecular weight is 258 g/mol. The van der Waals surface area contributed by atoms with Crippen LogP contribution in [0.15, 0.2) is 12.2 Å². The van der Waals surface area contributed by atoms with Crippen LogP contribution in [0.5, 0.6) is 0 Å². The number of hydrogen-bond acceptors (Lipinski definition) is 6. The van der Waals surface area contributed by atoms with Crippen molar-refractivity contribution in [2.75, 3.05) is 13.7 Å². The molecule has 0 aliphatic carbocycles. The van der Waals surface area contributed by atoms with Crippen LogP contribution >= 0.6 is 0 Å². The summed E-state index contributed by atoms with van der Waals surface area (Å²) < 4.78 is 20.4. The molecule has 6 heteroatoms. The topological polar surface area (TPSA) is 71.1 Å². The molecular formula is C12H18O6. The first-order valence-electron chi connectivity index (χ1n) is 5.76. The van der Waals surface area contributed by atoms with Gasteiger partial charge in [-0.3, -0.25) is 9.59 Å². The van der Waals surface area contributed by atoms with Gasteiger partial charge in [0.25, 0.3) is 0 Å². The van der Waals surface area contributed by atoms with Crippen molar-refractivity contribution >= 4 is 11.9 Å². The van der Waals surface area contributed by atoms with E-state index >= 15 is 0 Å². The van der Waals surface area contributed by atoms with E-state index in [-0.39, 0.29) is 6.42 Å². The number of ether oxygens (including phenoxy) is 4. The summed E-state index contributed by atoms with van der Waals surface area (Å²) >= 11 is 0. The molecule has 0 spiro atoms. The van der Waals surface area contributed by atoms with E-state index in [1.165, 1.54) is 14.0 Å². The van der Waals surface area contributed by atoms with Gasteiger partial charge in [0, 0.05) is 13.5 Å². The molecule has 0 saturated carbocycles. The Morgan fingerprint density at radius 3 is 2.61 bits per heavy atom. The fraction of sp³-hybridized carbons (Fsp3) is 0.667. The first-order valence-corrected chi connectivity index (χ1v) is 5.76. The molecule has 0 amide bonds. The van der Waals surface area contributed by atoms with Gasteiger partial charge in [0.2, 0.25) is 0 Å². The predicted octanol–water partition coefficient (Wildman–Crippen LogP) is 0.799. The molecule has 0 fully saturated rings. The maximum atomic E-state index is 11.3. The zero-order valence-electron chi connectivity index (χ0n) is 10.8. The maximum Gasteiger partial charge on any atom is 0.308 e. The van der Waals surface area contributed by atoms with E-state index in [1.807, 2.05) is 6.92 Å². The lowest BCUT2D eigenvalue weighted by molar-refractivity contribution is -0.189. The van der Waals surface area contributed by atoms with Crippen molar-refractivity contribution in [3.8, 4) is 0 Å². The molecule has 1 heterocycles. The van der Waals surface area contributed by atoms with Crippen LogP contribution in [0.25, 0.3) is 0 Å². The van der Waals surface area contributed by atoms with Crippen LogP contribution in [0.4, 0.5) is 0 Å². The van der Waals surface area contributed by atoms with Gasteiger partial charge in [0.1, 0.15) is 12.2 Å². The van der Waals surface area contributed by atoms with E-state index in [4.69, 9.17) is 14.2 Å². The van der Waals surface area contributed by atoms with Crippen LogP contribution < -0.4 is 0 Å². The lowest BCUT2D eigenvalue weighted by Gasteiger charge is -2.30. The summed E-state index contributed by atoms with van der Waals surface area (Å²) in [4.78, 5) is 22.2. The quantitative estimate of drug-likeness (QED) is 0.536. The molecular weight excluding hydrogens is 240 g/mol. The van der Waals surface area contributed by atoms with Crippen molar-refractivity contribution in [3.05, 3.63) is 12.2 Å². The highest BCUT2D eigenvalue weighted by Gasteiger charge is 2.31. The highest BCUT2D eigenvalue weighted by atomic mass is 16.7. The minimum Gasteiger partial charge on any atom is -0.469 e. The minimum absolute atomic E-state index is 0.00234. The van der Waals surface area contributed by atoms with Crippen molar-refractivity contribution in [2.45, 2.75) is 38.8 Å². The Balaban J connectivity index is 2.69. The van der Waals surface area contributed by atoms with Crippen LogP contribution in [0.3, 0.4) is 0 Å². The summed E-state index contributed by atoms with van der Waals surface area (Å²) in [7, 11) is 1.29. The molecule has 0 bridgehead atoms. The summed E-state index contributed by atoms with van der Waals surface area (Å²) in [6.45, 7) is 3.63. The molecule has 0 aromatic rings. The minimum atomic E-state index is -0.599. The van der Waals surface area contributed by atoms with E-state index in [0.29, 0.717) is 6.61 Å². The Morgan fingerprint density at radius 1 is 1.33 bits per heavy atom. The van der Waals surface area contributed by atoms with Crippen LogP contribution in [0, 0.1) is 0 Å². The number of methoxy groups -OCH3 is 1. The van der Waals surface area contributed by atoms with Gasteiger partial charge in [0.15, 0.2) is 6.29 Å². The third kappa shape index (κ3) is 4.46. The Kier molecular flexibility index (Phi) is 5.80. The summed E-state index contributed by atoms with van der Waals surface area (Å²) in [6, 6.07) is 0. The fourth-order valence-corrected chi connectivity index (χ4v) is 1.60. The summed E-state index contributed by atoms with van der Waals surface area (Å²) in [5, 5.41) is 0. The smallest absolute Gasteiger partial charge is 0.308 e. The maximum absolute atomic E-state index is 11.3. The Bertz CT molecular complexity index is 325. The monoisotopic (exact) mass is 258 g/mol. The Hall–Kier alpha value is -1.40. The lowest BCUT2D eigenvalue weighted by atomic mass is 10.1. The Morgan fingerprint density at radius 2 is 2.06 bits per heavy atom. The van der Waals surface area contributed by atoms with Crippen molar-refractivity contribution in [3.63, 3.8) is 0 Å². The van der Waals surface area contributed by atoms with Gasteiger partial charge in [-0.05, 0) is 19.1 Å². The lowest BCUT2D eigenvalue weighted by Crippen LogP contribution is -2.40. The van der Waals surface area contributed by atoms with Gasteiger partial charge in [-0.1, -0.05) is 0 Å². The van der Waals surface area contributed by atoms with Crippen molar-refractivity contribution < 1.29 is 28.5 Å². The van der Waals surface area contributed by atoms with E-state index < -0.39 is 30.4 Å². The van der Waals surface area contributed by atoms with Crippen LogP contribution in [0.1, 0.15) is 20.3 Å².